The molecule has 0 radical (unpaired) electrons. The minimum absolute atomic E-state index is 0.920. The van der Waals surface area contributed by atoms with E-state index in [9.17, 15) is 0 Å². The molecule has 0 heterocycles. The Bertz CT molecular complexity index is 174. The van der Waals surface area contributed by atoms with Crippen LogP contribution in [-0.4, -0.2) is 13.1 Å². The number of hydrogen-bond donors (Lipinski definition) is 1. The van der Waals surface area contributed by atoms with Crippen LogP contribution < -0.4 is 5.32 Å². The third-order valence-corrected chi connectivity index (χ3v) is 3.35. The molecule has 0 amide bonds. The van der Waals surface area contributed by atoms with E-state index in [1.54, 1.807) is 0 Å². The highest BCUT2D eigenvalue weighted by Crippen LogP contribution is 2.27. The van der Waals surface area contributed by atoms with Gasteiger partial charge in [-0.05, 0) is 37.6 Å². The summed E-state index contributed by atoms with van der Waals surface area (Å²) in [5, 5.41) is 3.53. The van der Waals surface area contributed by atoms with Gasteiger partial charge in [-0.1, -0.05) is 38.8 Å². The van der Waals surface area contributed by atoms with Crippen LogP contribution in [0.15, 0.2) is 12.2 Å². The summed E-state index contributed by atoms with van der Waals surface area (Å²) < 4.78 is 0. The molecule has 0 aromatic heterocycles. The maximum Gasteiger partial charge on any atom is 0.0161 e. The average Bonchev–Trinajstić information content (AvgIpc) is 2.17. The molecule has 14 heavy (non-hydrogen) atoms. The number of rotatable bonds is 5. The van der Waals surface area contributed by atoms with Crippen LogP contribution in [0.5, 0.6) is 0 Å². The summed E-state index contributed by atoms with van der Waals surface area (Å²) in [7, 11) is 0. The standard InChI is InChI=1S/C13H25N/c1-4-11(2)9-14-10-13-7-5-6-12(3)8-13/h12-14H,2,4-10H2,1,3H3. The smallest absolute Gasteiger partial charge is 0.0161 e. The predicted molar refractivity (Wildman–Crippen MR) is 63.4 cm³/mol. The van der Waals surface area contributed by atoms with Crippen LogP contribution in [-0.2, 0) is 0 Å². The summed E-state index contributed by atoms with van der Waals surface area (Å²) in [6.07, 6.45) is 6.83. The molecule has 0 spiro atoms. The van der Waals surface area contributed by atoms with E-state index >= 15 is 0 Å². The van der Waals surface area contributed by atoms with Crippen LogP contribution in [0.4, 0.5) is 0 Å². The first-order valence-corrected chi connectivity index (χ1v) is 6.09. The van der Waals surface area contributed by atoms with Crippen molar-refractivity contribution in [2.75, 3.05) is 13.1 Å². The Morgan fingerprint density at radius 1 is 1.43 bits per heavy atom. The van der Waals surface area contributed by atoms with Crippen LogP contribution in [0, 0.1) is 11.8 Å². The molecule has 2 unspecified atom stereocenters. The molecule has 82 valence electrons. The van der Waals surface area contributed by atoms with Crippen LogP contribution in [0.2, 0.25) is 0 Å². The van der Waals surface area contributed by atoms with Crippen molar-refractivity contribution in [3.05, 3.63) is 12.2 Å². The lowest BCUT2D eigenvalue weighted by Crippen LogP contribution is -2.27. The molecular weight excluding hydrogens is 170 g/mol. The molecule has 0 aromatic rings. The van der Waals surface area contributed by atoms with Gasteiger partial charge in [-0.15, -0.1) is 0 Å². The molecule has 1 aliphatic carbocycles. The normalized spacial score (nSPS) is 27.6. The second kappa shape index (κ2) is 6.23. The Hall–Kier alpha value is -0.300. The second-order valence-electron chi connectivity index (χ2n) is 4.87. The van der Waals surface area contributed by atoms with Crippen molar-refractivity contribution in [2.24, 2.45) is 11.8 Å². The zero-order valence-corrected chi connectivity index (χ0v) is 9.81. The van der Waals surface area contributed by atoms with Crippen molar-refractivity contribution in [2.45, 2.75) is 46.0 Å². The van der Waals surface area contributed by atoms with E-state index in [0.29, 0.717) is 0 Å². The summed E-state index contributed by atoms with van der Waals surface area (Å²) in [5.74, 6) is 1.87. The Kier molecular flexibility index (Phi) is 5.24. The van der Waals surface area contributed by atoms with E-state index in [-0.39, 0.29) is 0 Å². The quantitative estimate of drug-likeness (QED) is 0.663. The van der Waals surface area contributed by atoms with E-state index in [4.69, 9.17) is 0 Å². The first-order chi connectivity index (χ1) is 6.72. The van der Waals surface area contributed by atoms with Crippen LogP contribution in [0.25, 0.3) is 0 Å². The first-order valence-electron chi connectivity index (χ1n) is 6.09. The lowest BCUT2D eigenvalue weighted by atomic mass is 9.82. The molecule has 0 saturated heterocycles. The van der Waals surface area contributed by atoms with Crippen LogP contribution in [0.3, 0.4) is 0 Å². The lowest BCUT2D eigenvalue weighted by Gasteiger charge is -2.26. The molecule has 0 aliphatic heterocycles. The maximum atomic E-state index is 4.01. The highest BCUT2D eigenvalue weighted by Gasteiger charge is 2.17. The monoisotopic (exact) mass is 195 g/mol. The molecule has 1 N–H and O–H groups in total. The third kappa shape index (κ3) is 4.28. The second-order valence-corrected chi connectivity index (χ2v) is 4.87. The van der Waals surface area contributed by atoms with Crippen molar-refractivity contribution in [1.29, 1.82) is 0 Å². The van der Waals surface area contributed by atoms with Gasteiger partial charge in [-0.2, -0.15) is 0 Å². The third-order valence-electron chi connectivity index (χ3n) is 3.35. The Labute approximate surface area is 89.0 Å². The minimum Gasteiger partial charge on any atom is -0.313 e. The van der Waals surface area contributed by atoms with E-state index in [1.807, 2.05) is 0 Å². The molecule has 1 aliphatic rings. The van der Waals surface area contributed by atoms with Gasteiger partial charge in [0.2, 0.25) is 0 Å². The summed E-state index contributed by atoms with van der Waals surface area (Å²) in [5.41, 5.74) is 1.33. The van der Waals surface area contributed by atoms with E-state index in [1.165, 1.54) is 37.8 Å². The van der Waals surface area contributed by atoms with Gasteiger partial charge < -0.3 is 5.32 Å². The Morgan fingerprint density at radius 2 is 2.21 bits per heavy atom. The molecular formula is C13H25N. The molecule has 1 saturated carbocycles. The minimum atomic E-state index is 0.920. The Morgan fingerprint density at radius 3 is 2.86 bits per heavy atom. The highest BCUT2D eigenvalue weighted by atomic mass is 14.9. The van der Waals surface area contributed by atoms with Gasteiger partial charge in [0.1, 0.15) is 0 Å². The van der Waals surface area contributed by atoms with E-state index in [2.05, 4.69) is 25.7 Å². The van der Waals surface area contributed by atoms with Crippen molar-refractivity contribution in [3.8, 4) is 0 Å². The van der Waals surface area contributed by atoms with Gasteiger partial charge in [-0.3, -0.25) is 0 Å². The highest BCUT2D eigenvalue weighted by molar-refractivity contribution is 4.95. The zero-order valence-electron chi connectivity index (χ0n) is 9.81. The van der Waals surface area contributed by atoms with Gasteiger partial charge in [-0.25, -0.2) is 0 Å². The summed E-state index contributed by atoms with van der Waals surface area (Å²) in [6, 6.07) is 0. The maximum absolute atomic E-state index is 4.01. The van der Waals surface area contributed by atoms with Crippen LogP contribution >= 0.6 is 0 Å². The van der Waals surface area contributed by atoms with Gasteiger partial charge in [0, 0.05) is 6.54 Å². The summed E-state index contributed by atoms with van der Waals surface area (Å²) in [6.45, 7) is 10.8. The van der Waals surface area contributed by atoms with E-state index < -0.39 is 0 Å². The zero-order chi connectivity index (χ0) is 10.4. The fourth-order valence-electron chi connectivity index (χ4n) is 2.32. The fourth-order valence-corrected chi connectivity index (χ4v) is 2.32. The SMILES string of the molecule is C=C(CC)CNCC1CCCC(C)C1. The number of hydrogen-bond acceptors (Lipinski definition) is 1. The molecule has 0 aromatic carbocycles. The molecule has 1 fully saturated rings. The molecule has 0 bridgehead atoms. The van der Waals surface area contributed by atoms with Gasteiger partial charge in [0.05, 0.1) is 0 Å². The van der Waals surface area contributed by atoms with Gasteiger partial charge >= 0.3 is 0 Å². The topological polar surface area (TPSA) is 12.0 Å². The Balaban J connectivity index is 2.08. The van der Waals surface area contributed by atoms with Crippen LogP contribution in [0.1, 0.15) is 46.0 Å². The molecule has 2 atom stereocenters. The molecule has 1 rings (SSSR count). The summed E-state index contributed by atoms with van der Waals surface area (Å²) >= 11 is 0. The average molecular weight is 195 g/mol. The molecule has 1 heteroatoms. The molecule has 1 nitrogen and oxygen atoms in total. The van der Waals surface area contributed by atoms with Crippen molar-refractivity contribution < 1.29 is 0 Å². The lowest BCUT2D eigenvalue weighted by molar-refractivity contribution is 0.276. The first kappa shape index (κ1) is 11.8. The number of nitrogens with one attached hydrogen (secondary N) is 1. The van der Waals surface area contributed by atoms with Crippen molar-refractivity contribution in [3.63, 3.8) is 0 Å². The van der Waals surface area contributed by atoms with Gasteiger partial charge in [0.15, 0.2) is 0 Å². The summed E-state index contributed by atoms with van der Waals surface area (Å²) in [4.78, 5) is 0. The van der Waals surface area contributed by atoms with E-state index in [0.717, 1.165) is 24.8 Å². The fraction of sp³-hybridized carbons (Fsp3) is 0.846. The predicted octanol–water partition coefficient (Wildman–Crippen LogP) is 3.37. The van der Waals surface area contributed by atoms with Crippen molar-refractivity contribution in [1.82, 2.24) is 5.32 Å². The van der Waals surface area contributed by atoms with Gasteiger partial charge in [0.25, 0.3) is 0 Å². The van der Waals surface area contributed by atoms with Crippen molar-refractivity contribution >= 4 is 0 Å². The largest absolute Gasteiger partial charge is 0.313 e.